The van der Waals surface area contributed by atoms with Crippen molar-refractivity contribution in [3.05, 3.63) is 41.5 Å². The lowest BCUT2D eigenvalue weighted by Gasteiger charge is -2.22. The molecule has 0 aliphatic carbocycles. The normalized spacial score (nSPS) is 11.7. The summed E-state index contributed by atoms with van der Waals surface area (Å²) in [6, 6.07) is 8.12. The summed E-state index contributed by atoms with van der Waals surface area (Å²) in [6.07, 6.45) is 0. The number of nitrogens with zero attached hydrogens (tertiary/aromatic N) is 4. The summed E-state index contributed by atoms with van der Waals surface area (Å²) in [4.78, 5) is 11.2. The Balaban J connectivity index is 0.00000392. The van der Waals surface area contributed by atoms with Gasteiger partial charge in [-0.1, -0.05) is 38.1 Å². The summed E-state index contributed by atoms with van der Waals surface area (Å²) in [5, 5.41) is 7.34. The number of aliphatic imine (C=N–C) groups is 1. The average Bonchev–Trinajstić information content (AvgIpc) is 3.10. The molecule has 1 N–H and O–H groups in total. The minimum Gasteiger partial charge on any atom is -0.494 e. The Bertz CT molecular complexity index is 738. The number of guanidine groups is 1. The minimum absolute atomic E-state index is 0. The first kappa shape index (κ1) is 24.2. The van der Waals surface area contributed by atoms with E-state index in [4.69, 9.17) is 9.26 Å². The second-order valence-electron chi connectivity index (χ2n) is 7.37. The van der Waals surface area contributed by atoms with E-state index >= 15 is 0 Å². The molecule has 0 fully saturated rings. The molecule has 0 spiro atoms. The molecule has 0 unspecified atom stereocenters. The van der Waals surface area contributed by atoms with Gasteiger partial charge in [-0.2, -0.15) is 4.98 Å². The summed E-state index contributed by atoms with van der Waals surface area (Å²) in [5.74, 6) is 2.90. The molecule has 0 aliphatic heterocycles. The van der Waals surface area contributed by atoms with Gasteiger partial charge in [0.1, 0.15) is 12.3 Å². The molecular weight excluding hydrogens is 469 g/mol. The van der Waals surface area contributed by atoms with Crippen LogP contribution in [0.3, 0.4) is 0 Å². The van der Waals surface area contributed by atoms with Crippen molar-refractivity contribution in [3.63, 3.8) is 0 Å². The first-order valence-electron chi connectivity index (χ1n) is 9.37. The van der Waals surface area contributed by atoms with Gasteiger partial charge in [-0.3, -0.25) is 0 Å². The number of hydrogen-bond donors (Lipinski definition) is 1. The van der Waals surface area contributed by atoms with E-state index < -0.39 is 0 Å². The molecule has 1 heterocycles. The van der Waals surface area contributed by atoms with Gasteiger partial charge in [0, 0.05) is 25.6 Å². The second kappa shape index (κ2) is 11.2. The van der Waals surface area contributed by atoms with Gasteiger partial charge in [-0.25, -0.2) is 4.99 Å². The zero-order valence-corrected chi connectivity index (χ0v) is 20.0. The van der Waals surface area contributed by atoms with Gasteiger partial charge in [0.15, 0.2) is 11.8 Å². The standard InChI is InChI=1S/C20H31N5O2.HI/c1-7-21-19(22-13-17-23-18(27-24-17)20(3,4)5)25(6)14-15-9-11-16(12-10-15)26-8-2;/h9-12H,7-8,13-14H2,1-6H3,(H,21,22);1H. The average molecular weight is 501 g/mol. The van der Waals surface area contributed by atoms with Crippen LogP contribution in [-0.4, -0.2) is 41.2 Å². The summed E-state index contributed by atoms with van der Waals surface area (Å²) in [7, 11) is 2.01. The van der Waals surface area contributed by atoms with E-state index in [1.165, 1.54) is 5.56 Å². The Kier molecular flexibility index (Phi) is 9.71. The van der Waals surface area contributed by atoms with E-state index in [2.05, 4.69) is 37.5 Å². The third-order valence-corrected chi connectivity index (χ3v) is 3.83. The summed E-state index contributed by atoms with van der Waals surface area (Å²) >= 11 is 0. The van der Waals surface area contributed by atoms with Crippen molar-refractivity contribution in [2.75, 3.05) is 20.2 Å². The lowest BCUT2D eigenvalue weighted by atomic mass is 9.97. The van der Waals surface area contributed by atoms with Crippen molar-refractivity contribution in [2.24, 2.45) is 4.99 Å². The number of aromatic nitrogens is 2. The van der Waals surface area contributed by atoms with Crippen molar-refractivity contribution < 1.29 is 9.26 Å². The third-order valence-electron chi connectivity index (χ3n) is 3.83. The maximum Gasteiger partial charge on any atom is 0.232 e. The maximum atomic E-state index is 5.49. The first-order chi connectivity index (χ1) is 12.8. The van der Waals surface area contributed by atoms with Gasteiger partial charge >= 0.3 is 0 Å². The number of ether oxygens (including phenoxy) is 1. The summed E-state index contributed by atoms with van der Waals surface area (Å²) in [5.41, 5.74) is 1.02. The molecule has 0 radical (unpaired) electrons. The van der Waals surface area contributed by atoms with Crippen LogP contribution in [-0.2, 0) is 18.5 Å². The summed E-state index contributed by atoms with van der Waals surface area (Å²) < 4.78 is 10.8. The Morgan fingerprint density at radius 2 is 1.89 bits per heavy atom. The lowest BCUT2D eigenvalue weighted by molar-refractivity contribution is 0.318. The van der Waals surface area contributed by atoms with Crippen LogP contribution in [0.5, 0.6) is 5.75 Å². The maximum absolute atomic E-state index is 5.49. The van der Waals surface area contributed by atoms with Crippen LogP contribution in [0.2, 0.25) is 0 Å². The Morgan fingerprint density at radius 3 is 2.43 bits per heavy atom. The lowest BCUT2D eigenvalue weighted by Crippen LogP contribution is -2.38. The summed E-state index contributed by atoms with van der Waals surface area (Å²) in [6.45, 7) is 12.7. The van der Waals surface area contributed by atoms with Gasteiger partial charge < -0.3 is 19.5 Å². The van der Waals surface area contributed by atoms with Crippen molar-refractivity contribution in [1.29, 1.82) is 0 Å². The second-order valence-corrected chi connectivity index (χ2v) is 7.37. The van der Waals surface area contributed by atoms with E-state index in [0.29, 0.717) is 24.9 Å². The third kappa shape index (κ3) is 7.29. The highest BCUT2D eigenvalue weighted by Gasteiger charge is 2.21. The molecule has 2 aromatic rings. The Labute approximate surface area is 185 Å². The predicted octanol–water partition coefficient (Wildman–Crippen LogP) is 3.98. The number of rotatable bonds is 7. The monoisotopic (exact) mass is 501 g/mol. The zero-order valence-electron chi connectivity index (χ0n) is 17.7. The van der Waals surface area contributed by atoms with Crippen LogP contribution in [0.25, 0.3) is 0 Å². The van der Waals surface area contributed by atoms with E-state index in [0.717, 1.165) is 24.8 Å². The van der Waals surface area contributed by atoms with Gasteiger partial charge in [-0.05, 0) is 31.5 Å². The molecular formula is C20H32IN5O2. The molecule has 0 amide bonds. The van der Waals surface area contributed by atoms with Crippen molar-refractivity contribution in [2.45, 2.75) is 53.1 Å². The molecule has 1 aromatic carbocycles. The van der Waals surface area contributed by atoms with Crippen molar-refractivity contribution in [1.82, 2.24) is 20.4 Å². The quantitative estimate of drug-likeness (QED) is 0.352. The van der Waals surface area contributed by atoms with Crippen LogP contribution >= 0.6 is 24.0 Å². The van der Waals surface area contributed by atoms with E-state index in [1.807, 2.05) is 53.8 Å². The highest BCUT2D eigenvalue weighted by molar-refractivity contribution is 14.0. The number of halogens is 1. The largest absolute Gasteiger partial charge is 0.494 e. The fourth-order valence-corrected chi connectivity index (χ4v) is 2.44. The van der Waals surface area contributed by atoms with Crippen LogP contribution in [0.1, 0.15) is 51.9 Å². The molecule has 2 rings (SSSR count). The molecule has 0 bridgehead atoms. The molecule has 28 heavy (non-hydrogen) atoms. The fraction of sp³-hybridized carbons (Fsp3) is 0.550. The SMILES string of the molecule is CCNC(=NCc1noc(C(C)(C)C)n1)N(C)Cc1ccc(OCC)cc1.I. The predicted molar refractivity (Wildman–Crippen MR) is 122 cm³/mol. The molecule has 8 heteroatoms. The number of benzene rings is 1. The molecule has 0 saturated carbocycles. The minimum atomic E-state index is -0.163. The van der Waals surface area contributed by atoms with Crippen molar-refractivity contribution >= 4 is 29.9 Å². The van der Waals surface area contributed by atoms with Gasteiger partial charge in [-0.15, -0.1) is 24.0 Å². The van der Waals surface area contributed by atoms with Gasteiger partial charge in [0.25, 0.3) is 0 Å². The molecule has 156 valence electrons. The Morgan fingerprint density at radius 1 is 1.21 bits per heavy atom. The van der Waals surface area contributed by atoms with E-state index in [9.17, 15) is 0 Å². The van der Waals surface area contributed by atoms with Gasteiger partial charge in [0.05, 0.1) is 6.61 Å². The first-order valence-corrected chi connectivity index (χ1v) is 9.37. The number of hydrogen-bond acceptors (Lipinski definition) is 5. The van der Waals surface area contributed by atoms with Gasteiger partial charge in [0.2, 0.25) is 5.89 Å². The van der Waals surface area contributed by atoms with Crippen LogP contribution in [0.15, 0.2) is 33.8 Å². The Hall–Kier alpha value is -1.84. The van der Waals surface area contributed by atoms with E-state index in [-0.39, 0.29) is 29.4 Å². The van der Waals surface area contributed by atoms with Crippen LogP contribution in [0.4, 0.5) is 0 Å². The molecule has 0 saturated heterocycles. The molecule has 7 nitrogen and oxygen atoms in total. The zero-order chi connectivity index (χ0) is 19.9. The molecule has 0 atom stereocenters. The number of nitrogens with one attached hydrogen (secondary N) is 1. The topological polar surface area (TPSA) is 75.8 Å². The highest BCUT2D eigenvalue weighted by Crippen LogP contribution is 2.19. The van der Waals surface area contributed by atoms with Crippen LogP contribution < -0.4 is 10.1 Å². The molecule has 0 aliphatic rings. The van der Waals surface area contributed by atoms with E-state index in [1.54, 1.807) is 0 Å². The highest BCUT2D eigenvalue weighted by atomic mass is 127. The molecule has 1 aromatic heterocycles. The van der Waals surface area contributed by atoms with Crippen molar-refractivity contribution in [3.8, 4) is 5.75 Å². The fourth-order valence-electron chi connectivity index (χ4n) is 2.44. The van der Waals surface area contributed by atoms with Crippen LogP contribution in [0, 0.1) is 0 Å². The smallest absolute Gasteiger partial charge is 0.232 e.